The second kappa shape index (κ2) is 4.85. The number of rotatable bonds is 2. The standard InChI is InChI=1S/C11H18O4S/c12-11(9-5-2-1-3-6-9)10-7-4-8-15-16(10,13)14/h1-2,9-12H,3-8H2. The van der Waals surface area contributed by atoms with E-state index in [1.165, 1.54) is 0 Å². The molecule has 3 unspecified atom stereocenters. The van der Waals surface area contributed by atoms with Gasteiger partial charge in [0.1, 0.15) is 5.25 Å². The summed E-state index contributed by atoms with van der Waals surface area (Å²) in [6.45, 7) is 0.260. The molecule has 1 fully saturated rings. The zero-order valence-corrected chi connectivity index (χ0v) is 10.0. The number of hydrogen-bond acceptors (Lipinski definition) is 4. The largest absolute Gasteiger partial charge is 0.391 e. The van der Waals surface area contributed by atoms with Crippen molar-refractivity contribution in [1.82, 2.24) is 0 Å². The lowest BCUT2D eigenvalue weighted by molar-refractivity contribution is 0.0822. The molecule has 16 heavy (non-hydrogen) atoms. The van der Waals surface area contributed by atoms with Crippen LogP contribution in [0.4, 0.5) is 0 Å². The molecule has 2 rings (SSSR count). The van der Waals surface area contributed by atoms with Gasteiger partial charge in [-0.15, -0.1) is 0 Å². The Morgan fingerprint density at radius 1 is 1.31 bits per heavy atom. The smallest absolute Gasteiger partial charge is 0.272 e. The van der Waals surface area contributed by atoms with Gasteiger partial charge in [-0.2, -0.15) is 8.42 Å². The molecular formula is C11H18O4S. The van der Waals surface area contributed by atoms with Crippen LogP contribution in [0.1, 0.15) is 32.1 Å². The molecule has 3 atom stereocenters. The molecule has 0 aromatic heterocycles. The van der Waals surface area contributed by atoms with Crippen molar-refractivity contribution < 1.29 is 17.7 Å². The van der Waals surface area contributed by atoms with Crippen LogP contribution >= 0.6 is 0 Å². The van der Waals surface area contributed by atoms with Crippen LogP contribution in [0.3, 0.4) is 0 Å². The number of aliphatic hydroxyl groups excluding tert-OH is 1. The van der Waals surface area contributed by atoms with Gasteiger partial charge in [0.2, 0.25) is 0 Å². The molecule has 0 aromatic carbocycles. The first kappa shape index (κ1) is 12.1. The highest BCUT2D eigenvalue weighted by Gasteiger charge is 2.39. The Morgan fingerprint density at radius 2 is 2.12 bits per heavy atom. The van der Waals surface area contributed by atoms with E-state index in [1.54, 1.807) is 0 Å². The molecule has 1 N–H and O–H groups in total. The number of allylic oxidation sites excluding steroid dienone is 2. The van der Waals surface area contributed by atoms with Gasteiger partial charge in [0, 0.05) is 0 Å². The summed E-state index contributed by atoms with van der Waals surface area (Å²) in [5, 5.41) is 9.42. The molecule has 5 heteroatoms. The monoisotopic (exact) mass is 246 g/mol. The molecule has 1 saturated heterocycles. The van der Waals surface area contributed by atoms with Crippen molar-refractivity contribution in [1.29, 1.82) is 0 Å². The fourth-order valence-electron chi connectivity index (χ4n) is 2.46. The average molecular weight is 246 g/mol. The van der Waals surface area contributed by atoms with Crippen molar-refractivity contribution in [3.63, 3.8) is 0 Å². The minimum Gasteiger partial charge on any atom is -0.391 e. The van der Waals surface area contributed by atoms with Gasteiger partial charge >= 0.3 is 0 Å². The second-order valence-corrected chi connectivity index (χ2v) is 6.36. The van der Waals surface area contributed by atoms with Gasteiger partial charge < -0.3 is 5.11 Å². The summed E-state index contributed by atoms with van der Waals surface area (Å²) in [7, 11) is -3.55. The molecule has 0 saturated carbocycles. The summed E-state index contributed by atoms with van der Waals surface area (Å²) < 4.78 is 28.1. The van der Waals surface area contributed by atoms with E-state index >= 15 is 0 Å². The van der Waals surface area contributed by atoms with Crippen LogP contribution in [-0.2, 0) is 14.3 Å². The third kappa shape index (κ3) is 2.47. The van der Waals surface area contributed by atoms with E-state index in [2.05, 4.69) is 6.08 Å². The molecule has 4 nitrogen and oxygen atoms in total. The summed E-state index contributed by atoms with van der Waals surface area (Å²) >= 11 is 0. The fourth-order valence-corrected chi connectivity index (χ4v) is 4.01. The van der Waals surface area contributed by atoms with Crippen molar-refractivity contribution in [3.05, 3.63) is 12.2 Å². The van der Waals surface area contributed by atoms with Gasteiger partial charge in [-0.05, 0) is 38.0 Å². The predicted molar refractivity (Wildman–Crippen MR) is 60.4 cm³/mol. The SMILES string of the molecule is O=S1(=O)OCCCC1C(O)C1CC=CCC1. The van der Waals surface area contributed by atoms with Crippen LogP contribution in [0, 0.1) is 5.92 Å². The van der Waals surface area contributed by atoms with Gasteiger partial charge in [0.05, 0.1) is 12.7 Å². The quantitative estimate of drug-likeness (QED) is 0.587. The summed E-state index contributed by atoms with van der Waals surface area (Å²) in [4.78, 5) is 0. The van der Waals surface area contributed by atoms with Crippen LogP contribution in [0.15, 0.2) is 12.2 Å². The van der Waals surface area contributed by atoms with Crippen molar-refractivity contribution >= 4 is 10.1 Å². The van der Waals surface area contributed by atoms with Crippen LogP contribution < -0.4 is 0 Å². The molecule has 0 aromatic rings. The van der Waals surface area contributed by atoms with E-state index in [0.29, 0.717) is 12.8 Å². The molecule has 0 bridgehead atoms. The molecule has 2 aliphatic rings. The van der Waals surface area contributed by atoms with E-state index in [1.807, 2.05) is 6.08 Å². The van der Waals surface area contributed by atoms with Gasteiger partial charge in [-0.1, -0.05) is 12.2 Å². The minimum atomic E-state index is -3.55. The van der Waals surface area contributed by atoms with Gasteiger partial charge in [-0.25, -0.2) is 0 Å². The lowest BCUT2D eigenvalue weighted by atomic mass is 9.87. The van der Waals surface area contributed by atoms with E-state index in [0.717, 1.165) is 19.3 Å². The van der Waals surface area contributed by atoms with Crippen LogP contribution in [0.25, 0.3) is 0 Å². The molecule has 1 heterocycles. The van der Waals surface area contributed by atoms with Crippen LogP contribution in [-0.4, -0.2) is 31.5 Å². The zero-order chi connectivity index (χ0) is 11.6. The van der Waals surface area contributed by atoms with Crippen molar-refractivity contribution in [2.45, 2.75) is 43.5 Å². The molecular weight excluding hydrogens is 228 g/mol. The minimum absolute atomic E-state index is 0.0616. The summed E-state index contributed by atoms with van der Waals surface area (Å²) in [5.41, 5.74) is 0. The Labute approximate surface area is 96.4 Å². The van der Waals surface area contributed by atoms with Crippen LogP contribution in [0.2, 0.25) is 0 Å². The van der Waals surface area contributed by atoms with Crippen molar-refractivity contribution in [2.75, 3.05) is 6.61 Å². The molecule has 0 spiro atoms. The maximum Gasteiger partial charge on any atom is 0.272 e. The lowest BCUT2D eigenvalue weighted by Crippen LogP contribution is -2.43. The maximum atomic E-state index is 11.7. The molecule has 0 amide bonds. The predicted octanol–water partition coefficient (Wildman–Crippen LogP) is 1.21. The van der Waals surface area contributed by atoms with Gasteiger partial charge in [0.25, 0.3) is 10.1 Å². The molecule has 0 radical (unpaired) electrons. The summed E-state index contributed by atoms with van der Waals surface area (Å²) in [6, 6.07) is 0. The third-order valence-electron chi connectivity index (χ3n) is 3.42. The topological polar surface area (TPSA) is 63.6 Å². The normalized spacial score (nSPS) is 35.8. The Kier molecular flexibility index (Phi) is 3.66. The van der Waals surface area contributed by atoms with E-state index in [-0.39, 0.29) is 12.5 Å². The van der Waals surface area contributed by atoms with Crippen molar-refractivity contribution in [3.8, 4) is 0 Å². The number of hydrogen-bond donors (Lipinski definition) is 1. The zero-order valence-electron chi connectivity index (χ0n) is 9.21. The second-order valence-electron chi connectivity index (χ2n) is 4.53. The van der Waals surface area contributed by atoms with Crippen molar-refractivity contribution in [2.24, 2.45) is 5.92 Å². The Hall–Kier alpha value is -0.390. The lowest BCUT2D eigenvalue weighted by Gasteiger charge is -2.32. The van der Waals surface area contributed by atoms with E-state index < -0.39 is 21.5 Å². The highest BCUT2D eigenvalue weighted by Crippen LogP contribution is 2.30. The van der Waals surface area contributed by atoms with Gasteiger partial charge in [-0.3, -0.25) is 4.18 Å². The first-order valence-electron chi connectivity index (χ1n) is 5.82. The Balaban J connectivity index is 2.07. The average Bonchev–Trinajstić information content (AvgIpc) is 2.29. The summed E-state index contributed by atoms with van der Waals surface area (Å²) in [6.07, 6.45) is 7.11. The maximum absolute atomic E-state index is 11.7. The first-order valence-corrected chi connectivity index (χ1v) is 7.30. The highest BCUT2D eigenvalue weighted by atomic mass is 32.2. The van der Waals surface area contributed by atoms with Crippen LogP contribution in [0.5, 0.6) is 0 Å². The summed E-state index contributed by atoms with van der Waals surface area (Å²) in [5.74, 6) is 0.0616. The number of aliphatic hydroxyl groups is 1. The molecule has 1 aliphatic heterocycles. The van der Waals surface area contributed by atoms with E-state index in [4.69, 9.17) is 4.18 Å². The Bertz CT molecular complexity index is 360. The first-order chi connectivity index (χ1) is 7.61. The third-order valence-corrected chi connectivity index (χ3v) is 5.18. The van der Waals surface area contributed by atoms with E-state index in [9.17, 15) is 13.5 Å². The van der Waals surface area contributed by atoms with Gasteiger partial charge in [0.15, 0.2) is 0 Å². The highest BCUT2D eigenvalue weighted by molar-refractivity contribution is 7.87. The fraction of sp³-hybridized carbons (Fsp3) is 0.818. The Morgan fingerprint density at radius 3 is 2.75 bits per heavy atom. The molecule has 92 valence electrons. The molecule has 1 aliphatic carbocycles.